The number of benzene rings is 6. The summed E-state index contributed by atoms with van der Waals surface area (Å²) in [5, 5.41) is 1.56. The van der Waals surface area contributed by atoms with Crippen molar-refractivity contribution < 1.29 is 0 Å². The summed E-state index contributed by atoms with van der Waals surface area (Å²) >= 11 is 0. The maximum absolute atomic E-state index is 2.84. The first kappa shape index (κ1) is 46.7. The SMILES string of the molecule is CC(C)(C)c1ccc(N2c3ccc(C(C)(C)C)cc3B3c4ccc(C(C)(C)C)cc4N(c4cccc(C(C)(C)C)c4)c4cc(N5c6ccc([Si](C)(C)C)cc6C6(C)CCCCC56C)cc2c43)cc1. The number of fused-ring (bicyclic) bond motifs is 7. The fourth-order valence-electron chi connectivity index (χ4n) is 12.4. The predicted octanol–water partition coefficient (Wildman–Crippen LogP) is 15.2. The highest BCUT2D eigenvalue weighted by atomic mass is 28.3. The minimum absolute atomic E-state index is 0.0132. The zero-order chi connectivity index (χ0) is 48.9. The molecule has 2 atom stereocenters. The third-order valence-corrected chi connectivity index (χ3v) is 19.0. The van der Waals surface area contributed by atoms with Crippen molar-refractivity contribution in [1.29, 1.82) is 0 Å². The molecule has 5 heteroatoms. The van der Waals surface area contributed by atoms with Crippen LogP contribution in [0.5, 0.6) is 0 Å². The topological polar surface area (TPSA) is 9.72 Å². The molecule has 1 aliphatic carbocycles. The fraction of sp³-hybridized carbons (Fsp3) is 0.429. The van der Waals surface area contributed by atoms with E-state index in [9.17, 15) is 0 Å². The van der Waals surface area contributed by atoms with Gasteiger partial charge in [0.05, 0.1) is 13.6 Å². The average molecular weight is 916 g/mol. The molecular weight excluding hydrogens is 838 g/mol. The van der Waals surface area contributed by atoms with E-state index in [4.69, 9.17) is 0 Å². The third-order valence-electron chi connectivity index (χ3n) is 17.0. The van der Waals surface area contributed by atoms with Crippen molar-refractivity contribution in [2.75, 3.05) is 14.7 Å². The second-order valence-electron chi connectivity index (χ2n) is 26.8. The van der Waals surface area contributed by atoms with E-state index in [2.05, 4.69) is 247 Å². The van der Waals surface area contributed by atoms with Crippen molar-refractivity contribution >= 4 is 81.9 Å². The van der Waals surface area contributed by atoms with Crippen LogP contribution in [0.1, 0.15) is 150 Å². The van der Waals surface area contributed by atoms with Gasteiger partial charge in [0.25, 0.3) is 6.71 Å². The Kier molecular flexibility index (Phi) is 10.5. The molecule has 0 N–H and O–H groups in total. The summed E-state index contributed by atoms with van der Waals surface area (Å²) in [4.78, 5) is 8.15. The molecule has 4 aliphatic rings. The van der Waals surface area contributed by atoms with Crippen molar-refractivity contribution in [3.63, 3.8) is 0 Å². The highest BCUT2D eigenvalue weighted by Crippen LogP contribution is 2.62. The zero-order valence-electron chi connectivity index (χ0n) is 44.7. The van der Waals surface area contributed by atoms with Gasteiger partial charge in [-0.3, -0.25) is 0 Å². The predicted molar refractivity (Wildman–Crippen MR) is 301 cm³/mol. The second-order valence-corrected chi connectivity index (χ2v) is 31.9. The minimum Gasteiger partial charge on any atom is -0.334 e. The average Bonchev–Trinajstić information content (AvgIpc) is 3.46. The van der Waals surface area contributed by atoms with Crippen LogP contribution in [0.4, 0.5) is 45.5 Å². The van der Waals surface area contributed by atoms with Crippen molar-refractivity contribution in [3.8, 4) is 0 Å². The van der Waals surface area contributed by atoms with Gasteiger partial charge in [-0.1, -0.05) is 188 Å². The summed E-state index contributed by atoms with van der Waals surface area (Å²) in [6.07, 6.45) is 4.86. The standard InChI is InChI=1S/C63H78BN3Si/c1-58(2,3)41-23-27-45(28-24-41)65-53-31-26-43(60(7,8)9)36-51(53)64-50-30-25-44(61(10,11)12)37-54(50)66(46-22-20-21-42(35-46)59(4,5)6)56-39-47(38-55(65)57(56)64)67-52-32-29-48(68(15,16)17)40-49(52)62(13)33-18-19-34-63(62,67)14/h20-32,35-40H,18-19,33-34H2,1-17H3. The van der Waals surface area contributed by atoms with Gasteiger partial charge < -0.3 is 14.7 Å². The van der Waals surface area contributed by atoms with E-state index in [1.54, 1.807) is 10.8 Å². The van der Waals surface area contributed by atoms with Crippen LogP contribution >= 0.6 is 0 Å². The third kappa shape index (κ3) is 7.25. The molecule has 6 aromatic carbocycles. The molecule has 1 fully saturated rings. The van der Waals surface area contributed by atoms with Gasteiger partial charge in [-0.05, 0) is 140 Å². The lowest BCUT2D eigenvalue weighted by atomic mass is 9.33. The van der Waals surface area contributed by atoms with Gasteiger partial charge >= 0.3 is 0 Å². The largest absolute Gasteiger partial charge is 0.334 e. The van der Waals surface area contributed by atoms with Gasteiger partial charge in [-0.25, -0.2) is 0 Å². The highest BCUT2D eigenvalue weighted by molar-refractivity contribution is 7.00. The summed E-state index contributed by atoms with van der Waals surface area (Å²) < 4.78 is 0. The smallest absolute Gasteiger partial charge is 0.252 e. The first-order chi connectivity index (χ1) is 31.6. The van der Waals surface area contributed by atoms with E-state index in [0.717, 1.165) is 6.42 Å². The highest BCUT2D eigenvalue weighted by Gasteiger charge is 2.58. The first-order valence-electron chi connectivity index (χ1n) is 25.8. The van der Waals surface area contributed by atoms with Gasteiger partial charge in [-0.2, -0.15) is 0 Å². The molecule has 10 rings (SSSR count). The monoisotopic (exact) mass is 916 g/mol. The molecule has 1 saturated carbocycles. The number of rotatable bonds is 4. The molecule has 0 bridgehead atoms. The van der Waals surface area contributed by atoms with Crippen LogP contribution in [0.15, 0.2) is 115 Å². The Hall–Kier alpha value is -5.00. The number of hydrogen-bond acceptors (Lipinski definition) is 3. The Morgan fingerprint density at radius 2 is 1.00 bits per heavy atom. The van der Waals surface area contributed by atoms with E-state index in [1.165, 1.54) is 103 Å². The zero-order valence-corrected chi connectivity index (χ0v) is 45.7. The molecule has 68 heavy (non-hydrogen) atoms. The summed E-state index contributed by atoms with van der Waals surface area (Å²) in [7, 11) is -1.59. The van der Waals surface area contributed by atoms with E-state index in [0.29, 0.717) is 0 Å². The van der Waals surface area contributed by atoms with Gasteiger partial charge in [0.1, 0.15) is 0 Å². The van der Waals surface area contributed by atoms with Gasteiger partial charge in [0.2, 0.25) is 0 Å². The lowest BCUT2D eigenvalue weighted by molar-refractivity contribution is 0.195. The van der Waals surface area contributed by atoms with Crippen LogP contribution in [0, 0.1) is 0 Å². The number of hydrogen-bond donors (Lipinski definition) is 0. The number of nitrogens with zero attached hydrogens (tertiary/aromatic N) is 3. The van der Waals surface area contributed by atoms with Crippen molar-refractivity contribution in [2.45, 2.75) is 175 Å². The maximum atomic E-state index is 2.84. The van der Waals surface area contributed by atoms with Gasteiger partial charge in [0, 0.05) is 50.9 Å². The van der Waals surface area contributed by atoms with Gasteiger partial charge in [-0.15, -0.1) is 0 Å². The molecular formula is C63H78BN3Si. The van der Waals surface area contributed by atoms with E-state index >= 15 is 0 Å². The summed E-state index contributed by atoms with van der Waals surface area (Å²) in [5.41, 5.74) is 21.2. The number of anilines is 8. The van der Waals surface area contributed by atoms with Crippen LogP contribution in [0.2, 0.25) is 19.6 Å². The molecule has 3 aliphatic heterocycles. The Bertz CT molecular complexity index is 2980. The molecule has 0 spiro atoms. The lowest BCUT2D eigenvalue weighted by Crippen LogP contribution is -2.62. The first-order valence-corrected chi connectivity index (χ1v) is 29.3. The fourth-order valence-corrected chi connectivity index (χ4v) is 13.6. The molecule has 2 unspecified atom stereocenters. The Labute approximate surface area is 412 Å². The molecule has 0 saturated heterocycles. The lowest BCUT2D eigenvalue weighted by Gasteiger charge is -2.51. The quantitative estimate of drug-likeness (QED) is 0.163. The Morgan fingerprint density at radius 3 is 1.62 bits per heavy atom. The normalized spacial score (nSPS) is 20.2. The summed E-state index contributed by atoms with van der Waals surface area (Å²) in [5.74, 6) is 0. The van der Waals surface area contributed by atoms with Crippen molar-refractivity contribution in [1.82, 2.24) is 0 Å². The molecule has 3 nitrogen and oxygen atoms in total. The van der Waals surface area contributed by atoms with Crippen LogP contribution in [0.3, 0.4) is 0 Å². The minimum atomic E-state index is -1.59. The van der Waals surface area contributed by atoms with Crippen LogP contribution in [0.25, 0.3) is 0 Å². The molecule has 352 valence electrons. The van der Waals surface area contributed by atoms with Gasteiger partial charge in [0.15, 0.2) is 0 Å². The maximum Gasteiger partial charge on any atom is 0.252 e. The van der Waals surface area contributed by atoms with Crippen LogP contribution in [-0.2, 0) is 27.1 Å². The van der Waals surface area contributed by atoms with Crippen LogP contribution in [-0.4, -0.2) is 20.3 Å². The van der Waals surface area contributed by atoms with E-state index in [-0.39, 0.29) is 39.3 Å². The van der Waals surface area contributed by atoms with Crippen LogP contribution < -0.4 is 36.3 Å². The molecule has 0 radical (unpaired) electrons. The molecule has 3 heterocycles. The summed E-state index contributed by atoms with van der Waals surface area (Å²) in [6, 6.07) is 46.8. The molecule has 0 aromatic heterocycles. The van der Waals surface area contributed by atoms with E-state index in [1.807, 2.05) is 0 Å². The van der Waals surface area contributed by atoms with Crippen molar-refractivity contribution in [2.24, 2.45) is 0 Å². The van der Waals surface area contributed by atoms with Crippen molar-refractivity contribution in [3.05, 3.63) is 143 Å². The molecule has 6 aromatic rings. The Morgan fingerprint density at radius 1 is 0.456 bits per heavy atom. The van der Waals surface area contributed by atoms with E-state index < -0.39 is 8.07 Å². The molecule has 0 amide bonds. The Balaban J connectivity index is 1.35. The second kappa shape index (κ2) is 15.2. The summed E-state index contributed by atoms with van der Waals surface area (Å²) in [6.45, 7) is 40.9.